The molecule has 0 heterocycles. The second-order valence-corrected chi connectivity index (χ2v) is 3.89. The monoisotopic (exact) mass is 260 g/mol. The Bertz CT molecular complexity index is 634. The standard InChI is InChI=1S/C15H10F2O2/c16-13-7-6-11(8-14(13)17)12(9-15(18)19)10-4-2-1-3-5-10/h1-9H,(H,18,19). The summed E-state index contributed by atoms with van der Waals surface area (Å²) in [5, 5.41) is 8.89. The summed E-state index contributed by atoms with van der Waals surface area (Å²) in [6.07, 6.45) is 0.974. The molecule has 0 amide bonds. The molecule has 1 N–H and O–H groups in total. The molecule has 2 aromatic carbocycles. The predicted octanol–water partition coefficient (Wildman–Crippen LogP) is 3.48. The van der Waals surface area contributed by atoms with E-state index in [9.17, 15) is 13.6 Å². The number of hydrogen-bond donors (Lipinski definition) is 1. The summed E-state index contributed by atoms with van der Waals surface area (Å²) in [6.45, 7) is 0. The molecule has 0 aliphatic rings. The van der Waals surface area contributed by atoms with Crippen LogP contribution in [0.15, 0.2) is 54.6 Å². The van der Waals surface area contributed by atoms with Crippen molar-refractivity contribution in [2.24, 2.45) is 0 Å². The Labute approximate surface area is 108 Å². The first-order valence-corrected chi connectivity index (χ1v) is 5.53. The number of halogens is 2. The van der Waals surface area contributed by atoms with Crippen molar-refractivity contribution in [3.63, 3.8) is 0 Å². The van der Waals surface area contributed by atoms with Crippen molar-refractivity contribution in [2.75, 3.05) is 0 Å². The SMILES string of the molecule is O=C(O)C=C(c1ccccc1)c1ccc(F)c(F)c1. The highest BCUT2D eigenvalue weighted by molar-refractivity contribution is 5.95. The molecule has 0 saturated carbocycles. The number of rotatable bonds is 3. The van der Waals surface area contributed by atoms with Crippen LogP contribution >= 0.6 is 0 Å². The second-order valence-electron chi connectivity index (χ2n) is 3.89. The van der Waals surface area contributed by atoms with Gasteiger partial charge in [-0.1, -0.05) is 36.4 Å². The van der Waals surface area contributed by atoms with E-state index >= 15 is 0 Å². The normalized spacial score (nSPS) is 11.4. The molecule has 2 aromatic rings. The Morgan fingerprint density at radius 1 is 0.947 bits per heavy atom. The maximum Gasteiger partial charge on any atom is 0.328 e. The van der Waals surface area contributed by atoms with Crippen molar-refractivity contribution < 1.29 is 18.7 Å². The van der Waals surface area contributed by atoms with Crippen LogP contribution in [-0.4, -0.2) is 11.1 Å². The van der Waals surface area contributed by atoms with Gasteiger partial charge >= 0.3 is 5.97 Å². The molecule has 0 radical (unpaired) electrons. The fraction of sp³-hybridized carbons (Fsp3) is 0. The van der Waals surface area contributed by atoms with E-state index in [4.69, 9.17) is 5.11 Å². The Kier molecular flexibility index (Phi) is 3.71. The zero-order chi connectivity index (χ0) is 13.8. The fourth-order valence-corrected chi connectivity index (χ4v) is 1.74. The third kappa shape index (κ3) is 3.04. The Morgan fingerprint density at radius 3 is 2.21 bits per heavy atom. The third-order valence-corrected chi connectivity index (χ3v) is 2.58. The predicted molar refractivity (Wildman–Crippen MR) is 67.5 cm³/mol. The molecule has 4 heteroatoms. The first kappa shape index (κ1) is 13.0. The fourth-order valence-electron chi connectivity index (χ4n) is 1.74. The molecule has 2 nitrogen and oxygen atoms in total. The summed E-state index contributed by atoms with van der Waals surface area (Å²) in [4.78, 5) is 10.9. The van der Waals surface area contributed by atoms with E-state index in [0.29, 0.717) is 16.7 Å². The van der Waals surface area contributed by atoms with Gasteiger partial charge in [0.1, 0.15) is 0 Å². The van der Waals surface area contributed by atoms with Crippen LogP contribution in [0.5, 0.6) is 0 Å². The summed E-state index contributed by atoms with van der Waals surface area (Å²) in [5.74, 6) is -3.13. The summed E-state index contributed by atoms with van der Waals surface area (Å²) >= 11 is 0. The molecule has 0 aromatic heterocycles. The van der Waals surface area contributed by atoms with Crippen LogP contribution in [0.4, 0.5) is 8.78 Å². The number of hydrogen-bond acceptors (Lipinski definition) is 1. The lowest BCUT2D eigenvalue weighted by molar-refractivity contribution is -0.131. The van der Waals surface area contributed by atoms with Crippen LogP contribution in [0.25, 0.3) is 5.57 Å². The summed E-state index contributed by atoms with van der Waals surface area (Å²) in [5.41, 5.74) is 1.26. The summed E-state index contributed by atoms with van der Waals surface area (Å²) < 4.78 is 26.2. The lowest BCUT2D eigenvalue weighted by Gasteiger charge is -2.08. The van der Waals surface area contributed by atoms with Gasteiger partial charge in [-0.15, -0.1) is 0 Å². The molecular weight excluding hydrogens is 250 g/mol. The Hall–Kier alpha value is -2.49. The van der Waals surface area contributed by atoms with E-state index in [0.717, 1.165) is 18.2 Å². The number of benzene rings is 2. The van der Waals surface area contributed by atoms with E-state index in [1.54, 1.807) is 30.3 Å². The van der Waals surface area contributed by atoms with Gasteiger partial charge in [0.2, 0.25) is 0 Å². The van der Waals surface area contributed by atoms with E-state index < -0.39 is 17.6 Å². The van der Waals surface area contributed by atoms with Crippen molar-refractivity contribution in [1.82, 2.24) is 0 Å². The van der Waals surface area contributed by atoms with Crippen molar-refractivity contribution in [3.8, 4) is 0 Å². The molecule has 0 atom stereocenters. The number of carboxylic acids is 1. The van der Waals surface area contributed by atoms with Gasteiger partial charge < -0.3 is 5.11 Å². The van der Waals surface area contributed by atoms with Crippen molar-refractivity contribution in [3.05, 3.63) is 77.4 Å². The average molecular weight is 260 g/mol. The van der Waals surface area contributed by atoms with E-state index in [2.05, 4.69) is 0 Å². The minimum Gasteiger partial charge on any atom is -0.478 e. The van der Waals surface area contributed by atoms with Crippen LogP contribution in [0.3, 0.4) is 0 Å². The molecule has 0 aliphatic carbocycles. The van der Waals surface area contributed by atoms with Gasteiger partial charge in [0, 0.05) is 6.08 Å². The van der Waals surface area contributed by atoms with Crippen molar-refractivity contribution in [1.29, 1.82) is 0 Å². The molecule has 0 fully saturated rings. The molecule has 0 saturated heterocycles. The molecule has 2 rings (SSSR count). The van der Waals surface area contributed by atoms with Crippen LogP contribution < -0.4 is 0 Å². The Balaban J connectivity index is 2.56. The van der Waals surface area contributed by atoms with E-state index in [1.165, 1.54) is 6.07 Å². The van der Waals surface area contributed by atoms with E-state index in [-0.39, 0.29) is 0 Å². The van der Waals surface area contributed by atoms with E-state index in [1.807, 2.05) is 0 Å². The highest BCUT2D eigenvalue weighted by Gasteiger charge is 2.10. The molecule has 96 valence electrons. The quantitative estimate of drug-likeness (QED) is 0.858. The van der Waals surface area contributed by atoms with Gasteiger partial charge in [0.15, 0.2) is 11.6 Å². The smallest absolute Gasteiger partial charge is 0.328 e. The molecular formula is C15H10F2O2. The molecule has 0 aliphatic heterocycles. The zero-order valence-corrected chi connectivity index (χ0v) is 9.81. The molecule has 0 unspecified atom stereocenters. The molecule has 0 bridgehead atoms. The van der Waals surface area contributed by atoms with Gasteiger partial charge in [-0.3, -0.25) is 0 Å². The largest absolute Gasteiger partial charge is 0.478 e. The maximum atomic E-state index is 13.2. The molecule has 0 spiro atoms. The van der Waals surface area contributed by atoms with Crippen molar-refractivity contribution in [2.45, 2.75) is 0 Å². The van der Waals surface area contributed by atoms with Gasteiger partial charge in [-0.2, -0.15) is 0 Å². The zero-order valence-electron chi connectivity index (χ0n) is 9.81. The number of carbonyl (C=O) groups is 1. The van der Waals surface area contributed by atoms with Crippen LogP contribution in [0, 0.1) is 11.6 Å². The lowest BCUT2D eigenvalue weighted by atomic mass is 9.97. The van der Waals surface area contributed by atoms with Gasteiger partial charge in [-0.05, 0) is 28.8 Å². The van der Waals surface area contributed by atoms with Gasteiger partial charge in [0.25, 0.3) is 0 Å². The number of aliphatic carboxylic acids is 1. The Morgan fingerprint density at radius 2 is 1.63 bits per heavy atom. The first-order valence-electron chi connectivity index (χ1n) is 5.53. The highest BCUT2D eigenvalue weighted by atomic mass is 19.2. The topological polar surface area (TPSA) is 37.3 Å². The second kappa shape index (κ2) is 5.44. The first-order chi connectivity index (χ1) is 9.08. The van der Waals surface area contributed by atoms with Gasteiger partial charge in [-0.25, -0.2) is 13.6 Å². The lowest BCUT2D eigenvalue weighted by Crippen LogP contribution is -1.96. The molecule has 19 heavy (non-hydrogen) atoms. The number of carboxylic acid groups (broad SMARTS) is 1. The highest BCUT2D eigenvalue weighted by Crippen LogP contribution is 2.24. The maximum absolute atomic E-state index is 13.2. The minimum absolute atomic E-state index is 0.313. The average Bonchev–Trinajstić information content (AvgIpc) is 2.40. The summed E-state index contributed by atoms with van der Waals surface area (Å²) in [7, 11) is 0. The van der Waals surface area contributed by atoms with Crippen molar-refractivity contribution >= 4 is 11.5 Å². The van der Waals surface area contributed by atoms with Gasteiger partial charge in [0.05, 0.1) is 0 Å². The third-order valence-electron chi connectivity index (χ3n) is 2.58. The van der Waals surface area contributed by atoms with Crippen LogP contribution in [0.1, 0.15) is 11.1 Å². The minimum atomic E-state index is -1.15. The van der Waals surface area contributed by atoms with Crippen LogP contribution in [-0.2, 0) is 4.79 Å². The summed E-state index contributed by atoms with van der Waals surface area (Å²) in [6, 6.07) is 12.0. The van der Waals surface area contributed by atoms with Crippen LogP contribution in [0.2, 0.25) is 0 Å².